The van der Waals surface area contributed by atoms with Gasteiger partial charge in [-0.25, -0.2) is 9.78 Å². The van der Waals surface area contributed by atoms with Gasteiger partial charge in [0.15, 0.2) is 16.3 Å². The van der Waals surface area contributed by atoms with Gasteiger partial charge in [0, 0.05) is 11.6 Å². The van der Waals surface area contributed by atoms with Crippen LogP contribution in [0.25, 0.3) is 16.5 Å². The Labute approximate surface area is 98.4 Å². The van der Waals surface area contributed by atoms with Crippen molar-refractivity contribution < 1.29 is 9.90 Å². The molecule has 0 saturated carbocycles. The van der Waals surface area contributed by atoms with E-state index in [0.717, 1.165) is 0 Å². The normalized spacial score (nSPS) is 10.8. The van der Waals surface area contributed by atoms with E-state index in [4.69, 9.17) is 5.11 Å². The first-order valence-corrected chi connectivity index (χ1v) is 5.49. The molecule has 0 saturated heterocycles. The lowest BCUT2D eigenvalue weighted by Crippen LogP contribution is -2.05. The predicted molar refractivity (Wildman–Crippen MR) is 58.8 cm³/mol. The van der Waals surface area contributed by atoms with Gasteiger partial charge in [0.2, 0.25) is 5.82 Å². The highest BCUT2D eigenvalue weighted by Gasteiger charge is 2.13. The molecule has 7 nitrogen and oxygen atoms in total. The Balaban J connectivity index is 2.26. The Hall–Kier alpha value is -2.35. The van der Waals surface area contributed by atoms with Crippen molar-refractivity contribution in [3.05, 3.63) is 29.4 Å². The van der Waals surface area contributed by atoms with Crippen LogP contribution in [0.2, 0.25) is 0 Å². The standard InChI is InChI=1S/C9H5N5O2S/c15-9(16)5-1-2-6-11-12-7(14(6)13-5)8-10-3-4-17-8/h1-4H,(H,15,16). The van der Waals surface area contributed by atoms with Crippen molar-refractivity contribution in [3.63, 3.8) is 0 Å². The summed E-state index contributed by atoms with van der Waals surface area (Å²) in [4.78, 5) is 14.9. The quantitative estimate of drug-likeness (QED) is 0.724. The summed E-state index contributed by atoms with van der Waals surface area (Å²) < 4.78 is 1.38. The van der Waals surface area contributed by atoms with E-state index in [9.17, 15) is 4.79 Å². The summed E-state index contributed by atoms with van der Waals surface area (Å²) in [6.07, 6.45) is 1.64. The Bertz CT molecular complexity index is 691. The Morgan fingerprint density at radius 1 is 1.35 bits per heavy atom. The first-order valence-electron chi connectivity index (χ1n) is 4.61. The van der Waals surface area contributed by atoms with E-state index in [1.54, 1.807) is 17.6 Å². The summed E-state index contributed by atoms with van der Waals surface area (Å²) in [5.41, 5.74) is 0.426. The monoisotopic (exact) mass is 247 g/mol. The van der Waals surface area contributed by atoms with Crippen LogP contribution < -0.4 is 0 Å². The number of nitrogens with zero attached hydrogens (tertiary/aromatic N) is 5. The average molecular weight is 247 g/mol. The largest absolute Gasteiger partial charge is 0.476 e. The van der Waals surface area contributed by atoms with Crippen LogP contribution in [0.5, 0.6) is 0 Å². The third-order valence-corrected chi connectivity index (χ3v) is 2.87. The molecule has 17 heavy (non-hydrogen) atoms. The zero-order valence-electron chi connectivity index (χ0n) is 8.31. The van der Waals surface area contributed by atoms with Crippen LogP contribution in [0.15, 0.2) is 23.7 Å². The minimum absolute atomic E-state index is 0.0601. The van der Waals surface area contributed by atoms with E-state index in [1.165, 1.54) is 21.9 Å². The number of fused-ring (bicyclic) bond motifs is 1. The highest BCUT2D eigenvalue weighted by Crippen LogP contribution is 2.19. The second-order valence-corrected chi connectivity index (χ2v) is 4.05. The van der Waals surface area contributed by atoms with Crippen LogP contribution in [0.3, 0.4) is 0 Å². The highest BCUT2D eigenvalue weighted by atomic mass is 32.1. The molecule has 0 amide bonds. The average Bonchev–Trinajstić information content (AvgIpc) is 2.96. The van der Waals surface area contributed by atoms with Crippen molar-refractivity contribution >= 4 is 23.0 Å². The Morgan fingerprint density at radius 2 is 2.24 bits per heavy atom. The third-order valence-electron chi connectivity index (χ3n) is 2.11. The Kier molecular flexibility index (Phi) is 2.08. The number of hydrogen-bond acceptors (Lipinski definition) is 6. The zero-order valence-corrected chi connectivity index (χ0v) is 9.13. The van der Waals surface area contributed by atoms with Crippen molar-refractivity contribution in [3.8, 4) is 10.8 Å². The molecule has 3 heterocycles. The molecule has 3 aromatic rings. The second-order valence-electron chi connectivity index (χ2n) is 3.15. The van der Waals surface area contributed by atoms with Crippen molar-refractivity contribution in [1.82, 2.24) is 24.8 Å². The van der Waals surface area contributed by atoms with Crippen molar-refractivity contribution in [2.24, 2.45) is 0 Å². The number of aromatic carboxylic acids is 1. The molecular weight excluding hydrogens is 242 g/mol. The molecular formula is C9H5N5O2S. The maximum atomic E-state index is 10.8. The summed E-state index contributed by atoms with van der Waals surface area (Å²) in [6.45, 7) is 0. The fourth-order valence-corrected chi connectivity index (χ4v) is 1.98. The summed E-state index contributed by atoms with van der Waals surface area (Å²) in [7, 11) is 0. The van der Waals surface area contributed by atoms with Gasteiger partial charge in [-0.1, -0.05) is 0 Å². The zero-order chi connectivity index (χ0) is 11.8. The first-order chi connectivity index (χ1) is 8.25. The molecule has 0 fully saturated rings. The summed E-state index contributed by atoms with van der Waals surface area (Å²) >= 11 is 1.39. The van der Waals surface area contributed by atoms with Gasteiger partial charge in [-0.05, 0) is 12.1 Å². The molecule has 8 heteroatoms. The van der Waals surface area contributed by atoms with Gasteiger partial charge < -0.3 is 5.11 Å². The second kappa shape index (κ2) is 3.59. The molecule has 84 valence electrons. The van der Waals surface area contributed by atoms with Crippen molar-refractivity contribution in [2.45, 2.75) is 0 Å². The van der Waals surface area contributed by atoms with E-state index < -0.39 is 5.97 Å². The SMILES string of the molecule is O=C(O)c1ccc2nnc(-c3nccs3)n2n1. The summed E-state index contributed by atoms with van der Waals surface area (Å²) in [5.74, 6) is -0.649. The lowest BCUT2D eigenvalue weighted by Gasteiger charge is -1.96. The van der Waals surface area contributed by atoms with Crippen molar-refractivity contribution in [2.75, 3.05) is 0 Å². The molecule has 0 atom stereocenters. The van der Waals surface area contributed by atoms with E-state index in [-0.39, 0.29) is 5.69 Å². The van der Waals surface area contributed by atoms with Gasteiger partial charge in [-0.3, -0.25) is 0 Å². The van der Waals surface area contributed by atoms with Crippen LogP contribution in [-0.2, 0) is 0 Å². The van der Waals surface area contributed by atoms with Crippen LogP contribution in [0.1, 0.15) is 10.5 Å². The van der Waals surface area contributed by atoms with Gasteiger partial charge >= 0.3 is 5.97 Å². The van der Waals surface area contributed by atoms with Crippen LogP contribution in [0.4, 0.5) is 0 Å². The fraction of sp³-hybridized carbons (Fsp3) is 0. The topological polar surface area (TPSA) is 93.3 Å². The minimum Gasteiger partial charge on any atom is -0.476 e. The lowest BCUT2D eigenvalue weighted by atomic mass is 10.4. The molecule has 3 aromatic heterocycles. The molecule has 0 spiro atoms. The molecule has 0 bridgehead atoms. The number of carbonyl (C=O) groups is 1. The molecule has 1 N–H and O–H groups in total. The van der Waals surface area contributed by atoms with Crippen molar-refractivity contribution in [1.29, 1.82) is 0 Å². The van der Waals surface area contributed by atoms with Gasteiger partial charge in [0.1, 0.15) is 0 Å². The number of rotatable bonds is 2. The number of hydrogen-bond donors (Lipinski definition) is 1. The lowest BCUT2D eigenvalue weighted by molar-refractivity contribution is 0.0689. The number of carboxylic acid groups (broad SMARTS) is 1. The predicted octanol–water partition coefficient (Wildman–Crippen LogP) is 0.946. The smallest absolute Gasteiger partial charge is 0.356 e. The van der Waals surface area contributed by atoms with E-state index in [2.05, 4.69) is 20.3 Å². The number of carboxylic acids is 1. The summed E-state index contributed by atoms with van der Waals surface area (Å²) in [6, 6.07) is 2.94. The Morgan fingerprint density at radius 3 is 2.94 bits per heavy atom. The first kappa shape index (κ1) is 9.85. The van der Waals surface area contributed by atoms with Gasteiger partial charge in [-0.2, -0.15) is 9.61 Å². The maximum absolute atomic E-state index is 10.8. The molecule has 0 aliphatic carbocycles. The van der Waals surface area contributed by atoms with Gasteiger partial charge in [0.25, 0.3) is 0 Å². The van der Waals surface area contributed by atoms with E-state index in [1.807, 2.05) is 0 Å². The minimum atomic E-state index is -1.09. The van der Waals surface area contributed by atoms with Crippen LogP contribution in [-0.4, -0.2) is 35.9 Å². The number of aromatic nitrogens is 5. The molecule has 3 rings (SSSR count). The fourth-order valence-electron chi connectivity index (χ4n) is 1.37. The maximum Gasteiger partial charge on any atom is 0.356 e. The van der Waals surface area contributed by atoms with Gasteiger partial charge in [-0.15, -0.1) is 21.5 Å². The third kappa shape index (κ3) is 1.54. The molecule has 0 aromatic carbocycles. The van der Waals surface area contributed by atoms with E-state index >= 15 is 0 Å². The number of thiazole rings is 1. The highest BCUT2D eigenvalue weighted by molar-refractivity contribution is 7.13. The molecule has 0 radical (unpaired) electrons. The molecule has 0 unspecified atom stereocenters. The molecule has 0 aliphatic rings. The van der Waals surface area contributed by atoms with Crippen LogP contribution in [0, 0.1) is 0 Å². The summed E-state index contributed by atoms with van der Waals surface area (Å²) in [5, 5.41) is 23.1. The molecule has 0 aliphatic heterocycles. The van der Waals surface area contributed by atoms with Crippen LogP contribution >= 0.6 is 11.3 Å². The van der Waals surface area contributed by atoms with E-state index in [0.29, 0.717) is 16.5 Å². The van der Waals surface area contributed by atoms with Gasteiger partial charge in [0.05, 0.1) is 0 Å².